The lowest BCUT2D eigenvalue weighted by Crippen LogP contribution is -2.30. The molecule has 0 fully saturated rings. The van der Waals surface area contributed by atoms with Crippen LogP contribution in [0.3, 0.4) is 0 Å². The minimum absolute atomic E-state index is 0.0717. The normalized spacial score (nSPS) is 12.4. The van der Waals surface area contributed by atoms with Gasteiger partial charge in [0.25, 0.3) is 0 Å². The topological polar surface area (TPSA) is 78.9 Å². The Morgan fingerprint density at radius 3 is 0.833 bits per heavy atom. The van der Waals surface area contributed by atoms with E-state index in [1.54, 1.807) is 0 Å². The highest BCUT2D eigenvalue weighted by Gasteiger charge is 2.19. The molecule has 0 N–H and O–H groups in total. The highest BCUT2D eigenvalue weighted by atomic mass is 16.6. The molecule has 0 bridgehead atoms. The van der Waals surface area contributed by atoms with Crippen molar-refractivity contribution in [3.05, 3.63) is 60.8 Å². The minimum atomic E-state index is -0.774. The maximum absolute atomic E-state index is 12.9. The van der Waals surface area contributed by atoms with Crippen LogP contribution in [0, 0.1) is 0 Å². The fraction of sp³-hybridized carbons (Fsp3) is 0.819. The summed E-state index contributed by atoms with van der Waals surface area (Å²) in [7, 11) is 0. The zero-order valence-corrected chi connectivity index (χ0v) is 52.2. The van der Waals surface area contributed by atoms with Gasteiger partial charge in [0.2, 0.25) is 0 Å². The molecule has 6 heteroatoms. The Kier molecular flexibility index (Phi) is 64.2. The van der Waals surface area contributed by atoms with E-state index >= 15 is 0 Å². The van der Waals surface area contributed by atoms with Crippen LogP contribution in [0.15, 0.2) is 60.8 Å². The lowest BCUT2D eigenvalue weighted by molar-refractivity contribution is -0.167. The molecule has 0 aliphatic rings. The van der Waals surface area contributed by atoms with Crippen molar-refractivity contribution in [2.24, 2.45) is 0 Å². The van der Waals surface area contributed by atoms with Crippen molar-refractivity contribution in [2.75, 3.05) is 13.2 Å². The minimum Gasteiger partial charge on any atom is -0.462 e. The van der Waals surface area contributed by atoms with Gasteiger partial charge < -0.3 is 14.2 Å². The largest absolute Gasteiger partial charge is 0.462 e. The van der Waals surface area contributed by atoms with Gasteiger partial charge in [0.1, 0.15) is 13.2 Å². The van der Waals surface area contributed by atoms with Gasteiger partial charge in [0, 0.05) is 19.3 Å². The van der Waals surface area contributed by atoms with E-state index in [0.29, 0.717) is 19.3 Å². The molecule has 0 aliphatic heterocycles. The van der Waals surface area contributed by atoms with Crippen LogP contribution in [0.4, 0.5) is 0 Å². The first kappa shape index (κ1) is 75.1. The van der Waals surface area contributed by atoms with Gasteiger partial charge in [-0.25, -0.2) is 0 Å². The third-order valence-electron chi connectivity index (χ3n) is 15.3. The molecule has 1 unspecified atom stereocenters. The average molecular weight is 1090 g/mol. The van der Waals surface area contributed by atoms with Gasteiger partial charge in [-0.2, -0.15) is 0 Å². The smallest absolute Gasteiger partial charge is 0.306 e. The van der Waals surface area contributed by atoms with Gasteiger partial charge in [-0.15, -0.1) is 0 Å². The molecule has 0 aromatic heterocycles. The summed E-state index contributed by atoms with van der Waals surface area (Å²) in [5, 5.41) is 0. The van der Waals surface area contributed by atoms with E-state index in [4.69, 9.17) is 14.2 Å². The molecular formula is C72H130O6. The number of hydrogen-bond donors (Lipinski definition) is 0. The zero-order valence-electron chi connectivity index (χ0n) is 52.2. The summed E-state index contributed by atoms with van der Waals surface area (Å²) >= 11 is 0. The summed E-state index contributed by atoms with van der Waals surface area (Å²) in [5.41, 5.74) is 0. The van der Waals surface area contributed by atoms with Crippen LogP contribution in [-0.4, -0.2) is 37.2 Å². The van der Waals surface area contributed by atoms with E-state index in [2.05, 4.69) is 81.5 Å². The number of unbranched alkanes of at least 4 members (excludes halogenated alkanes) is 42. The Balaban J connectivity index is 4.16. The Morgan fingerprint density at radius 2 is 0.513 bits per heavy atom. The van der Waals surface area contributed by atoms with E-state index in [-0.39, 0.29) is 31.1 Å². The SMILES string of the molecule is CC/C=C\C/C=C\C/C=C\C/C=C\CCCCCCCCCCCCCCCCCCC(=O)OCC(COC(=O)CCCCCCC/C=C\CCCC)OC(=O)CCCCCCCCCCCCCCCCCCCCCC. The van der Waals surface area contributed by atoms with Crippen LogP contribution in [-0.2, 0) is 28.6 Å². The number of ether oxygens (including phenoxy) is 3. The molecule has 0 rings (SSSR count). The molecular weight excluding hydrogens is 961 g/mol. The van der Waals surface area contributed by atoms with E-state index in [0.717, 1.165) is 89.9 Å². The molecule has 0 saturated heterocycles. The summed E-state index contributed by atoms with van der Waals surface area (Å²) < 4.78 is 16.9. The second kappa shape index (κ2) is 66.6. The van der Waals surface area contributed by atoms with Crippen LogP contribution >= 0.6 is 0 Å². The van der Waals surface area contributed by atoms with Crippen LogP contribution in [0.25, 0.3) is 0 Å². The summed E-state index contributed by atoms with van der Waals surface area (Å²) in [6, 6.07) is 0. The van der Waals surface area contributed by atoms with Crippen molar-refractivity contribution in [1.82, 2.24) is 0 Å². The van der Waals surface area contributed by atoms with Gasteiger partial charge in [-0.05, 0) is 77.0 Å². The summed E-state index contributed by atoms with van der Waals surface area (Å²) in [5.74, 6) is -0.858. The number of carbonyl (C=O) groups is 3. The average Bonchev–Trinajstić information content (AvgIpc) is 3.44. The highest BCUT2D eigenvalue weighted by molar-refractivity contribution is 5.71. The lowest BCUT2D eigenvalue weighted by Gasteiger charge is -2.18. The second-order valence-electron chi connectivity index (χ2n) is 23.1. The van der Waals surface area contributed by atoms with Crippen molar-refractivity contribution >= 4 is 17.9 Å². The van der Waals surface area contributed by atoms with Crippen LogP contribution in [0.2, 0.25) is 0 Å². The first-order valence-electron chi connectivity index (χ1n) is 34.3. The molecule has 1 atom stereocenters. The molecule has 0 amide bonds. The molecule has 0 spiro atoms. The van der Waals surface area contributed by atoms with Gasteiger partial charge in [-0.1, -0.05) is 326 Å². The fourth-order valence-electron chi connectivity index (χ4n) is 10.1. The second-order valence-corrected chi connectivity index (χ2v) is 23.1. The van der Waals surface area contributed by atoms with Crippen molar-refractivity contribution in [3.63, 3.8) is 0 Å². The quantitative estimate of drug-likeness (QED) is 0.0261. The van der Waals surface area contributed by atoms with E-state index in [1.807, 2.05) is 0 Å². The highest BCUT2D eigenvalue weighted by Crippen LogP contribution is 2.18. The molecule has 0 heterocycles. The molecule has 0 aromatic carbocycles. The third-order valence-corrected chi connectivity index (χ3v) is 15.3. The van der Waals surface area contributed by atoms with Crippen molar-refractivity contribution < 1.29 is 28.6 Å². The lowest BCUT2D eigenvalue weighted by atomic mass is 10.0. The maximum atomic E-state index is 12.9. The Labute approximate surface area is 485 Å². The molecule has 0 saturated carbocycles. The Bertz CT molecular complexity index is 1390. The van der Waals surface area contributed by atoms with Crippen LogP contribution in [0.5, 0.6) is 0 Å². The Morgan fingerprint density at radius 1 is 0.269 bits per heavy atom. The van der Waals surface area contributed by atoms with Crippen molar-refractivity contribution in [1.29, 1.82) is 0 Å². The molecule has 78 heavy (non-hydrogen) atoms. The number of rotatable bonds is 63. The summed E-state index contributed by atoms with van der Waals surface area (Å²) in [4.78, 5) is 38.3. The first-order valence-corrected chi connectivity index (χ1v) is 34.3. The Hall–Kier alpha value is -2.89. The van der Waals surface area contributed by atoms with Gasteiger partial charge in [0.15, 0.2) is 6.10 Å². The number of allylic oxidation sites excluding steroid dienone is 10. The molecule has 454 valence electrons. The van der Waals surface area contributed by atoms with Crippen LogP contribution in [0.1, 0.15) is 361 Å². The van der Waals surface area contributed by atoms with Gasteiger partial charge >= 0.3 is 17.9 Å². The van der Waals surface area contributed by atoms with E-state index in [9.17, 15) is 14.4 Å². The van der Waals surface area contributed by atoms with Gasteiger partial charge in [0.05, 0.1) is 0 Å². The first-order chi connectivity index (χ1) is 38.5. The molecule has 0 aliphatic carbocycles. The summed E-state index contributed by atoms with van der Waals surface area (Å²) in [6.45, 7) is 6.54. The van der Waals surface area contributed by atoms with Gasteiger partial charge in [-0.3, -0.25) is 14.4 Å². The van der Waals surface area contributed by atoms with E-state index in [1.165, 1.54) is 231 Å². The number of hydrogen-bond acceptors (Lipinski definition) is 6. The number of esters is 3. The fourth-order valence-corrected chi connectivity index (χ4v) is 10.1. The number of carbonyl (C=O) groups excluding carboxylic acids is 3. The maximum Gasteiger partial charge on any atom is 0.306 e. The predicted octanol–water partition coefficient (Wildman–Crippen LogP) is 23.5. The molecule has 6 nitrogen and oxygen atoms in total. The van der Waals surface area contributed by atoms with Crippen LogP contribution < -0.4 is 0 Å². The molecule has 0 radical (unpaired) electrons. The standard InChI is InChI=1S/C72H130O6/c1-4-7-10-13-16-19-22-24-26-28-30-32-33-34-35-36-37-38-39-40-42-43-45-47-50-53-56-59-62-65-71(74)77-68-69(67-76-70(73)64-61-58-55-52-49-21-18-15-12-9-6-3)78-72(75)66-63-60-57-54-51-48-46-44-41-31-29-27-25-23-20-17-14-11-8-5-2/h7,10,15-16,18-19,24,26,30,32,69H,4-6,8-9,11-14,17,20-23,25,27-29,31,33-68H2,1-3H3/b10-7-,18-15-,19-16-,26-24-,32-30-. The van der Waals surface area contributed by atoms with E-state index < -0.39 is 6.10 Å². The third kappa shape index (κ3) is 63.9. The van der Waals surface area contributed by atoms with Crippen molar-refractivity contribution in [3.8, 4) is 0 Å². The zero-order chi connectivity index (χ0) is 56.4. The molecule has 0 aromatic rings. The monoisotopic (exact) mass is 1090 g/mol. The summed E-state index contributed by atoms with van der Waals surface area (Å²) in [6.07, 6.45) is 85.4. The predicted molar refractivity (Wildman–Crippen MR) is 339 cm³/mol. The van der Waals surface area contributed by atoms with Crippen molar-refractivity contribution in [2.45, 2.75) is 367 Å².